The van der Waals surface area contributed by atoms with Gasteiger partial charge in [0, 0.05) is 0 Å². The summed E-state index contributed by atoms with van der Waals surface area (Å²) in [6.07, 6.45) is 0.520. The number of aliphatic carboxylic acids is 1. The van der Waals surface area contributed by atoms with E-state index < -0.39 is 54.5 Å². The second-order valence-corrected chi connectivity index (χ2v) is 6.97. The van der Waals surface area contributed by atoms with E-state index in [-0.39, 0.29) is 11.8 Å². The Bertz CT molecular complexity index is 538. The molecule has 10 nitrogen and oxygen atoms in total. The highest BCUT2D eigenvalue weighted by molar-refractivity contribution is 5.94. The van der Waals surface area contributed by atoms with Crippen LogP contribution in [-0.2, 0) is 19.2 Å². The number of carbonyl (C=O) groups excluding carboxylic acids is 3. The number of carboxylic acids is 1. The number of carbonyl (C=O) groups is 4. The summed E-state index contributed by atoms with van der Waals surface area (Å²) >= 11 is 0. The van der Waals surface area contributed by atoms with Gasteiger partial charge in [-0.25, -0.2) is 4.79 Å². The molecule has 0 aromatic heterocycles. The maximum Gasteiger partial charge on any atom is 0.326 e. The SMILES string of the molecule is CCC(C)C(NC(=O)C(CO)NC(=O)C(NC(=O)C(C)N)C(C)C)C(=O)O. The zero-order valence-electron chi connectivity index (χ0n) is 16.5. The monoisotopic (exact) mass is 388 g/mol. The van der Waals surface area contributed by atoms with Gasteiger partial charge in [-0.1, -0.05) is 34.1 Å². The zero-order valence-corrected chi connectivity index (χ0v) is 16.5. The molecule has 0 bridgehead atoms. The van der Waals surface area contributed by atoms with Gasteiger partial charge < -0.3 is 31.9 Å². The van der Waals surface area contributed by atoms with Gasteiger partial charge in [-0.15, -0.1) is 0 Å². The van der Waals surface area contributed by atoms with Crippen molar-refractivity contribution in [2.24, 2.45) is 17.6 Å². The van der Waals surface area contributed by atoms with E-state index in [0.717, 1.165) is 0 Å². The minimum absolute atomic E-state index is 0.304. The van der Waals surface area contributed by atoms with Crippen LogP contribution in [0, 0.1) is 11.8 Å². The van der Waals surface area contributed by atoms with Gasteiger partial charge >= 0.3 is 5.97 Å². The zero-order chi connectivity index (χ0) is 21.3. The fourth-order valence-corrected chi connectivity index (χ4v) is 2.21. The molecule has 3 amide bonds. The van der Waals surface area contributed by atoms with Gasteiger partial charge in [0.2, 0.25) is 17.7 Å². The third-order valence-electron chi connectivity index (χ3n) is 4.25. The number of nitrogens with two attached hydrogens (primary N) is 1. The molecule has 0 aliphatic rings. The molecule has 7 N–H and O–H groups in total. The van der Waals surface area contributed by atoms with Crippen LogP contribution in [0.1, 0.15) is 41.0 Å². The minimum Gasteiger partial charge on any atom is -0.480 e. The molecule has 0 rings (SSSR count). The predicted octanol–water partition coefficient (Wildman–Crippen LogP) is -1.43. The first-order chi connectivity index (χ1) is 12.5. The van der Waals surface area contributed by atoms with Gasteiger partial charge in [0.15, 0.2) is 0 Å². The highest BCUT2D eigenvalue weighted by Gasteiger charge is 2.32. The van der Waals surface area contributed by atoms with Crippen LogP contribution in [0.25, 0.3) is 0 Å². The number of rotatable bonds is 11. The summed E-state index contributed by atoms with van der Waals surface area (Å²) in [4.78, 5) is 47.9. The highest BCUT2D eigenvalue weighted by Crippen LogP contribution is 2.08. The molecule has 0 aromatic rings. The molecule has 5 unspecified atom stereocenters. The lowest BCUT2D eigenvalue weighted by atomic mass is 9.99. The van der Waals surface area contributed by atoms with Gasteiger partial charge in [0.05, 0.1) is 12.6 Å². The maximum absolute atomic E-state index is 12.5. The van der Waals surface area contributed by atoms with Crippen molar-refractivity contribution < 1.29 is 29.4 Å². The lowest BCUT2D eigenvalue weighted by Crippen LogP contribution is -2.59. The third kappa shape index (κ3) is 7.92. The Hall–Kier alpha value is -2.20. The summed E-state index contributed by atoms with van der Waals surface area (Å²) in [5.74, 6) is -3.87. The summed E-state index contributed by atoms with van der Waals surface area (Å²) in [6, 6.07) is -4.28. The van der Waals surface area contributed by atoms with Crippen molar-refractivity contribution in [1.82, 2.24) is 16.0 Å². The Morgan fingerprint density at radius 3 is 1.78 bits per heavy atom. The van der Waals surface area contributed by atoms with Gasteiger partial charge in [-0.3, -0.25) is 14.4 Å². The molecule has 27 heavy (non-hydrogen) atoms. The molecule has 0 saturated heterocycles. The Balaban J connectivity index is 5.15. The van der Waals surface area contributed by atoms with Crippen molar-refractivity contribution in [2.75, 3.05) is 6.61 Å². The standard InChI is InChI=1S/C17H32N4O6/c1-6-9(4)13(17(26)27)21-15(24)11(7-22)19-16(25)12(8(2)3)20-14(23)10(5)18/h8-13,22H,6-7,18H2,1-5H3,(H,19,25)(H,20,23)(H,21,24)(H,26,27). The fraction of sp³-hybridized carbons (Fsp3) is 0.765. The molecular weight excluding hydrogens is 356 g/mol. The lowest BCUT2D eigenvalue weighted by Gasteiger charge is -2.26. The molecule has 0 heterocycles. The number of amides is 3. The van der Waals surface area contributed by atoms with Gasteiger partial charge in [-0.2, -0.15) is 0 Å². The Kier molecular flexibility index (Phi) is 10.6. The normalized spacial score (nSPS) is 16.6. The predicted molar refractivity (Wildman–Crippen MR) is 98.5 cm³/mol. The van der Waals surface area contributed by atoms with E-state index in [0.29, 0.717) is 6.42 Å². The first-order valence-electron chi connectivity index (χ1n) is 8.96. The van der Waals surface area contributed by atoms with Crippen LogP contribution in [0.2, 0.25) is 0 Å². The largest absolute Gasteiger partial charge is 0.480 e. The number of aliphatic hydroxyl groups excluding tert-OH is 1. The molecule has 0 saturated carbocycles. The summed E-state index contributed by atoms with van der Waals surface area (Å²) in [5.41, 5.74) is 5.48. The fourth-order valence-electron chi connectivity index (χ4n) is 2.21. The smallest absolute Gasteiger partial charge is 0.326 e. The Morgan fingerprint density at radius 2 is 1.41 bits per heavy atom. The van der Waals surface area contributed by atoms with E-state index in [1.807, 2.05) is 0 Å². The highest BCUT2D eigenvalue weighted by atomic mass is 16.4. The number of aliphatic hydroxyl groups is 1. The lowest BCUT2D eigenvalue weighted by molar-refractivity contribution is -0.144. The minimum atomic E-state index is -1.35. The van der Waals surface area contributed by atoms with E-state index >= 15 is 0 Å². The van der Waals surface area contributed by atoms with Crippen molar-refractivity contribution in [2.45, 2.75) is 65.2 Å². The van der Waals surface area contributed by atoms with Crippen LogP contribution in [0.5, 0.6) is 0 Å². The topological polar surface area (TPSA) is 171 Å². The van der Waals surface area contributed by atoms with Gasteiger partial charge in [0.1, 0.15) is 18.1 Å². The molecule has 10 heteroatoms. The molecule has 156 valence electrons. The van der Waals surface area contributed by atoms with Crippen molar-refractivity contribution in [1.29, 1.82) is 0 Å². The summed E-state index contributed by atoms with van der Waals surface area (Å²) < 4.78 is 0. The number of hydrogen-bond donors (Lipinski definition) is 6. The van der Waals surface area contributed by atoms with Crippen LogP contribution < -0.4 is 21.7 Å². The molecular formula is C17H32N4O6. The molecule has 0 aromatic carbocycles. The molecule has 0 radical (unpaired) electrons. The Labute approximate surface area is 159 Å². The average Bonchev–Trinajstić information content (AvgIpc) is 2.59. The average molecular weight is 388 g/mol. The molecule has 0 aliphatic carbocycles. The third-order valence-corrected chi connectivity index (χ3v) is 4.25. The van der Waals surface area contributed by atoms with Gasteiger partial charge in [0.25, 0.3) is 0 Å². The van der Waals surface area contributed by atoms with Crippen LogP contribution in [0.4, 0.5) is 0 Å². The van der Waals surface area contributed by atoms with Gasteiger partial charge in [-0.05, 0) is 18.8 Å². The Morgan fingerprint density at radius 1 is 0.889 bits per heavy atom. The van der Waals surface area contributed by atoms with E-state index in [9.17, 15) is 29.4 Å². The van der Waals surface area contributed by atoms with Crippen molar-refractivity contribution in [3.05, 3.63) is 0 Å². The van der Waals surface area contributed by atoms with Crippen molar-refractivity contribution in [3.63, 3.8) is 0 Å². The van der Waals surface area contributed by atoms with E-state index in [1.54, 1.807) is 27.7 Å². The molecule has 5 atom stereocenters. The van der Waals surface area contributed by atoms with E-state index in [4.69, 9.17) is 5.73 Å². The summed E-state index contributed by atoms with van der Waals surface area (Å²) in [5, 5.41) is 25.9. The number of nitrogens with one attached hydrogen (secondary N) is 3. The first-order valence-corrected chi connectivity index (χ1v) is 8.96. The number of hydrogen-bond acceptors (Lipinski definition) is 6. The summed E-state index contributed by atoms with van der Waals surface area (Å²) in [7, 11) is 0. The van der Waals surface area contributed by atoms with E-state index in [2.05, 4.69) is 16.0 Å². The second-order valence-electron chi connectivity index (χ2n) is 6.97. The molecule has 0 aliphatic heterocycles. The maximum atomic E-state index is 12.5. The quantitative estimate of drug-likeness (QED) is 0.252. The van der Waals surface area contributed by atoms with Crippen LogP contribution in [-0.4, -0.2) is 64.7 Å². The first kappa shape index (κ1) is 24.8. The van der Waals surface area contributed by atoms with Crippen LogP contribution in [0.15, 0.2) is 0 Å². The summed E-state index contributed by atoms with van der Waals surface area (Å²) in [6.45, 7) is 7.59. The molecule has 0 spiro atoms. The second kappa shape index (κ2) is 11.5. The van der Waals surface area contributed by atoms with Crippen molar-refractivity contribution >= 4 is 23.7 Å². The van der Waals surface area contributed by atoms with E-state index in [1.165, 1.54) is 6.92 Å². The molecule has 0 fully saturated rings. The number of carboxylic acid groups (broad SMARTS) is 1. The van der Waals surface area contributed by atoms with Crippen LogP contribution >= 0.6 is 0 Å². The van der Waals surface area contributed by atoms with Crippen LogP contribution in [0.3, 0.4) is 0 Å². The van der Waals surface area contributed by atoms with Crippen molar-refractivity contribution in [3.8, 4) is 0 Å².